The van der Waals surface area contributed by atoms with E-state index in [-0.39, 0.29) is 0 Å². The lowest BCUT2D eigenvalue weighted by atomic mass is 10.1. The lowest BCUT2D eigenvalue weighted by Crippen LogP contribution is -2.07. The number of alkyl halides is 3. The van der Waals surface area contributed by atoms with E-state index in [1.54, 1.807) is 18.2 Å². The zero-order chi connectivity index (χ0) is 11.6. The summed E-state index contributed by atoms with van der Waals surface area (Å²) in [4.78, 5) is 0.427. The Hall–Kier alpha value is -1.20. The van der Waals surface area contributed by atoms with Crippen molar-refractivity contribution in [2.75, 3.05) is 0 Å². The zero-order valence-corrected chi connectivity index (χ0v) is 8.81. The maximum Gasteiger partial charge on any atom is 0.533 e. The van der Waals surface area contributed by atoms with Crippen LogP contribution in [-0.2, 0) is 4.18 Å². The summed E-state index contributed by atoms with van der Waals surface area (Å²) in [5.41, 5.74) is 0. The van der Waals surface area contributed by atoms with Crippen LogP contribution in [0.4, 0.5) is 13.2 Å². The van der Waals surface area contributed by atoms with Crippen molar-refractivity contribution in [3.8, 4) is 0 Å². The first-order chi connectivity index (χ1) is 7.54. The van der Waals surface area contributed by atoms with Gasteiger partial charge in [0.05, 0.1) is 0 Å². The molecule has 0 aliphatic heterocycles. The van der Waals surface area contributed by atoms with Crippen molar-refractivity contribution in [2.45, 2.75) is 11.3 Å². The van der Waals surface area contributed by atoms with Gasteiger partial charge in [-0.05, 0) is 22.9 Å². The fraction of sp³-hybridized carbons (Fsp3) is 0.0909. The van der Waals surface area contributed by atoms with Gasteiger partial charge in [-0.15, -0.1) is 13.2 Å². The van der Waals surface area contributed by atoms with Crippen molar-refractivity contribution < 1.29 is 17.4 Å². The lowest BCUT2D eigenvalue weighted by Gasteiger charge is -2.06. The average Bonchev–Trinajstić information content (AvgIpc) is 2.25. The van der Waals surface area contributed by atoms with Gasteiger partial charge in [0.1, 0.15) is 0 Å². The fourth-order valence-electron chi connectivity index (χ4n) is 1.31. The van der Waals surface area contributed by atoms with E-state index in [0.717, 1.165) is 10.8 Å². The lowest BCUT2D eigenvalue weighted by molar-refractivity contribution is -0.266. The van der Waals surface area contributed by atoms with Crippen LogP contribution in [0.5, 0.6) is 0 Å². The number of halogens is 3. The largest absolute Gasteiger partial charge is 0.533 e. The molecule has 5 heteroatoms. The van der Waals surface area contributed by atoms with Crippen LogP contribution in [0, 0.1) is 0 Å². The summed E-state index contributed by atoms with van der Waals surface area (Å²) in [6.07, 6.45) is -4.61. The molecule has 0 heterocycles. The molecule has 0 bridgehead atoms. The third-order valence-electron chi connectivity index (χ3n) is 1.95. The first-order valence-corrected chi connectivity index (χ1v) is 5.20. The van der Waals surface area contributed by atoms with Crippen molar-refractivity contribution in [3.63, 3.8) is 0 Å². The molecule has 0 saturated heterocycles. The third-order valence-corrected chi connectivity index (χ3v) is 2.67. The third kappa shape index (κ3) is 2.90. The number of fused-ring (bicyclic) bond motifs is 1. The quantitative estimate of drug-likeness (QED) is 0.725. The van der Waals surface area contributed by atoms with E-state index >= 15 is 0 Å². The molecule has 1 nitrogen and oxygen atoms in total. The van der Waals surface area contributed by atoms with Crippen molar-refractivity contribution in [3.05, 3.63) is 42.5 Å². The summed E-state index contributed by atoms with van der Waals surface area (Å²) >= 11 is 0.317. The van der Waals surface area contributed by atoms with E-state index < -0.39 is 6.36 Å². The molecule has 0 unspecified atom stereocenters. The molecule has 0 aromatic heterocycles. The van der Waals surface area contributed by atoms with E-state index in [0.29, 0.717) is 16.9 Å². The molecule has 0 saturated carbocycles. The summed E-state index contributed by atoms with van der Waals surface area (Å²) in [6.45, 7) is 0. The summed E-state index contributed by atoms with van der Waals surface area (Å²) < 4.78 is 39.1. The maximum absolute atomic E-state index is 11.8. The second-order valence-electron chi connectivity index (χ2n) is 3.12. The molecule has 2 aromatic rings. The van der Waals surface area contributed by atoms with Crippen LogP contribution >= 0.6 is 12.0 Å². The minimum absolute atomic E-state index is 0.317. The molecule has 0 N–H and O–H groups in total. The number of hydrogen-bond acceptors (Lipinski definition) is 2. The molecular formula is C11H7F3OS. The van der Waals surface area contributed by atoms with Crippen LogP contribution in [0.2, 0.25) is 0 Å². The Labute approximate surface area is 94.4 Å². The van der Waals surface area contributed by atoms with E-state index in [1.165, 1.54) is 0 Å². The van der Waals surface area contributed by atoms with Gasteiger partial charge in [-0.1, -0.05) is 30.3 Å². The normalized spacial score (nSPS) is 11.9. The summed E-state index contributed by atoms with van der Waals surface area (Å²) in [5, 5.41) is 1.87. The molecule has 0 amide bonds. The predicted molar refractivity (Wildman–Crippen MR) is 56.9 cm³/mol. The van der Waals surface area contributed by atoms with Crippen LogP contribution in [0.15, 0.2) is 47.4 Å². The zero-order valence-electron chi connectivity index (χ0n) is 7.99. The van der Waals surface area contributed by atoms with E-state index in [1.807, 2.05) is 24.3 Å². The summed E-state index contributed by atoms with van der Waals surface area (Å²) in [6, 6.07) is 12.5. The molecule has 84 valence electrons. The second-order valence-corrected chi connectivity index (χ2v) is 3.93. The van der Waals surface area contributed by atoms with Crippen LogP contribution in [0.25, 0.3) is 10.8 Å². The Morgan fingerprint density at radius 1 is 0.938 bits per heavy atom. The van der Waals surface area contributed by atoms with Crippen LogP contribution in [0.3, 0.4) is 0 Å². The van der Waals surface area contributed by atoms with Crippen LogP contribution in [-0.4, -0.2) is 6.36 Å². The van der Waals surface area contributed by atoms with Crippen LogP contribution in [0.1, 0.15) is 0 Å². The van der Waals surface area contributed by atoms with Gasteiger partial charge in [0.25, 0.3) is 0 Å². The van der Waals surface area contributed by atoms with Gasteiger partial charge in [0.15, 0.2) is 0 Å². The number of hydrogen-bond donors (Lipinski definition) is 0. The van der Waals surface area contributed by atoms with Crippen LogP contribution < -0.4 is 0 Å². The van der Waals surface area contributed by atoms with Gasteiger partial charge in [-0.25, -0.2) is 4.18 Å². The highest BCUT2D eigenvalue weighted by molar-refractivity contribution is 7.94. The van der Waals surface area contributed by atoms with Gasteiger partial charge in [0, 0.05) is 16.9 Å². The maximum atomic E-state index is 11.8. The van der Waals surface area contributed by atoms with E-state index in [9.17, 15) is 13.2 Å². The Morgan fingerprint density at radius 2 is 1.62 bits per heavy atom. The Bertz CT molecular complexity index is 496. The topological polar surface area (TPSA) is 9.23 Å². The Balaban J connectivity index is 2.20. The van der Waals surface area contributed by atoms with Gasteiger partial charge >= 0.3 is 6.36 Å². The number of rotatable bonds is 2. The monoisotopic (exact) mass is 244 g/mol. The fourth-order valence-corrected chi connectivity index (χ4v) is 1.80. The molecule has 0 atom stereocenters. The van der Waals surface area contributed by atoms with E-state index in [4.69, 9.17) is 0 Å². The minimum Gasteiger partial charge on any atom is -0.215 e. The highest BCUT2D eigenvalue weighted by Gasteiger charge is 2.30. The molecule has 0 fully saturated rings. The first kappa shape index (κ1) is 11.3. The van der Waals surface area contributed by atoms with Crippen molar-refractivity contribution in [2.24, 2.45) is 0 Å². The number of benzene rings is 2. The molecule has 0 aliphatic carbocycles. The van der Waals surface area contributed by atoms with Gasteiger partial charge in [-0.3, -0.25) is 0 Å². The molecule has 0 aliphatic rings. The molecule has 0 radical (unpaired) electrons. The Kier molecular flexibility index (Phi) is 3.07. The average molecular weight is 244 g/mol. The van der Waals surface area contributed by atoms with Crippen molar-refractivity contribution in [1.29, 1.82) is 0 Å². The highest BCUT2D eigenvalue weighted by atomic mass is 32.2. The smallest absolute Gasteiger partial charge is 0.215 e. The molecular weight excluding hydrogens is 237 g/mol. The van der Waals surface area contributed by atoms with Gasteiger partial charge < -0.3 is 0 Å². The minimum atomic E-state index is -4.61. The first-order valence-electron chi connectivity index (χ1n) is 4.46. The molecule has 0 spiro atoms. The molecule has 2 aromatic carbocycles. The summed E-state index contributed by atoms with van der Waals surface area (Å²) in [5.74, 6) is 0. The second kappa shape index (κ2) is 4.35. The molecule has 16 heavy (non-hydrogen) atoms. The standard InChI is InChI=1S/C11H7F3OS/c12-11(13,14)15-16-10-6-5-8-3-1-2-4-9(8)7-10/h1-7H. The highest BCUT2D eigenvalue weighted by Crippen LogP contribution is 2.30. The van der Waals surface area contributed by atoms with E-state index in [2.05, 4.69) is 4.18 Å². The van der Waals surface area contributed by atoms with Gasteiger partial charge in [0.2, 0.25) is 0 Å². The molecule has 2 rings (SSSR count). The SMILES string of the molecule is FC(F)(F)OSc1ccc2ccccc2c1. The van der Waals surface area contributed by atoms with Crippen molar-refractivity contribution >= 4 is 22.8 Å². The predicted octanol–water partition coefficient (Wildman–Crippen LogP) is 4.38. The Morgan fingerprint density at radius 3 is 2.31 bits per heavy atom. The van der Waals surface area contributed by atoms with Gasteiger partial charge in [-0.2, -0.15) is 0 Å². The van der Waals surface area contributed by atoms with Crippen molar-refractivity contribution in [1.82, 2.24) is 0 Å². The summed E-state index contributed by atoms with van der Waals surface area (Å²) in [7, 11) is 0.